The number of nitriles is 1. The van der Waals surface area contributed by atoms with E-state index in [-0.39, 0.29) is 6.04 Å². The van der Waals surface area contributed by atoms with Crippen LogP contribution in [0.25, 0.3) is 0 Å². The average Bonchev–Trinajstić information content (AvgIpc) is 2.56. The molecule has 0 aromatic heterocycles. The van der Waals surface area contributed by atoms with Gasteiger partial charge in [-0.3, -0.25) is 5.32 Å². The van der Waals surface area contributed by atoms with Crippen molar-refractivity contribution >= 4 is 11.6 Å². The summed E-state index contributed by atoms with van der Waals surface area (Å²) in [5.74, 6) is 0.727. The number of hydrogen-bond donors (Lipinski definition) is 1. The molecule has 0 saturated carbocycles. The van der Waals surface area contributed by atoms with E-state index in [1.165, 1.54) is 0 Å². The van der Waals surface area contributed by atoms with Crippen LogP contribution in [0.3, 0.4) is 0 Å². The summed E-state index contributed by atoms with van der Waals surface area (Å²) in [6, 6.07) is 18.0. The summed E-state index contributed by atoms with van der Waals surface area (Å²) in [4.78, 5) is 0. The van der Waals surface area contributed by atoms with Gasteiger partial charge in [-0.15, -0.1) is 0 Å². The first-order valence-corrected chi connectivity index (χ1v) is 7.69. The third-order valence-corrected chi connectivity index (χ3v) is 4.32. The Morgan fingerprint density at radius 1 is 1.27 bits per heavy atom. The molecule has 0 amide bonds. The van der Waals surface area contributed by atoms with E-state index in [2.05, 4.69) is 30.4 Å². The number of hydrogen-bond acceptors (Lipinski definition) is 3. The minimum absolute atomic E-state index is 0.0470. The molecular formula is C18H17ClN2O. The molecule has 0 aliphatic carbocycles. The fourth-order valence-electron chi connectivity index (χ4n) is 2.90. The lowest BCUT2D eigenvalue weighted by molar-refractivity contribution is 0.210. The third-order valence-electron chi connectivity index (χ3n) is 4.09. The van der Waals surface area contributed by atoms with Crippen molar-refractivity contribution in [2.75, 3.05) is 6.61 Å². The van der Waals surface area contributed by atoms with Crippen molar-refractivity contribution in [2.45, 2.75) is 24.9 Å². The minimum atomic E-state index is -0.784. The normalized spacial score (nSPS) is 21.3. The second kappa shape index (κ2) is 6.00. The molecule has 0 bridgehead atoms. The van der Waals surface area contributed by atoms with Crippen LogP contribution in [0.1, 0.15) is 30.5 Å². The molecule has 2 atom stereocenters. The first-order valence-electron chi connectivity index (χ1n) is 7.31. The summed E-state index contributed by atoms with van der Waals surface area (Å²) in [6.45, 7) is 2.57. The van der Waals surface area contributed by atoms with Gasteiger partial charge in [0.1, 0.15) is 11.3 Å². The maximum Gasteiger partial charge on any atom is 0.139 e. The highest BCUT2D eigenvalue weighted by Crippen LogP contribution is 2.39. The first kappa shape index (κ1) is 14.9. The number of ether oxygens (including phenoxy) is 1. The smallest absolute Gasteiger partial charge is 0.139 e. The van der Waals surface area contributed by atoms with Crippen LogP contribution in [0.2, 0.25) is 5.02 Å². The zero-order valence-electron chi connectivity index (χ0n) is 12.3. The summed E-state index contributed by atoms with van der Waals surface area (Å²) in [5.41, 5.74) is 1.18. The van der Waals surface area contributed by atoms with Crippen molar-refractivity contribution in [3.05, 3.63) is 64.7 Å². The molecule has 0 unspecified atom stereocenters. The van der Waals surface area contributed by atoms with Crippen molar-refractivity contribution in [1.82, 2.24) is 5.32 Å². The van der Waals surface area contributed by atoms with E-state index in [1.54, 1.807) is 6.07 Å². The van der Waals surface area contributed by atoms with Gasteiger partial charge in [0.2, 0.25) is 0 Å². The highest BCUT2D eigenvalue weighted by atomic mass is 35.5. The molecule has 2 aromatic rings. The van der Waals surface area contributed by atoms with Crippen LogP contribution >= 0.6 is 11.6 Å². The highest BCUT2D eigenvalue weighted by Gasteiger charge is 2.39. The van der Waals surface area contributed by atoms with E-state index in [0.717, 1.165) is 16.9 Å². The van der Waals surface area contributed by atoms with Crippen molar-refractivity contribution in [1.29, 1.82) is 5.26 Å². The number of benzene rings is 2. The molecule has 0 fully saturated rings. The second-order valence-corrected chi connectivity index (χ2v) is 5.97. The standard InChI is InChI=1S/C18H17ClN2O/c1-13(14-5-3-2-4-6-14)21-18(12-20)9-10-22-17-8-7-15(19)11-16(17)18/h2-8,11,13,21H,9-10H2,1H3/t13-,18+/m0/s1. The lowest BCUT2D eigenvalue weighted by Gasteiger charge is -2.36. The highest BCUT2D eigenvalue weighted by molar-refractivity contribution is 6.30. The fourth-order valence-corrected chi connectivity index (χ4v) is 3.08. The lowest BCUT2D eigenvalue weighted by Crippen LogP contribution is -2.46. The quantitative estimate of drug-likeness (QED) is 0.924. The molecule has 22 heavy (non-hydrogen) atoms. The predicted molar refractivity (Wildman–Crippen MR) is 86.8 cm³/mol. The van der Waals surface area contributed by atoms with Gasteiger partial charge in [0.15, 0.2) is 0 Å². The molecule has 3 nitrogen and oxygen atoms in total. The van der Waals surface area contributed by atoms with Crippen molar-refractivity contribution < 1.29 is 4.74 Å². The molecule has 112 valence electrons. The van der Waals surface area contributed by atoms with Crippen LogP contribution in [0, 0.1) is 11.3 Å². The van der Waals surface area contributed by atoms with Gasteiger partial charge in [0.25, 0.3) is 0 Å². The largest absolute Gasteiger partial charge is 0.493 e. The lowest BCUT2D eigenvalue weighted by atomic mass is 9.84. The fraction of sp³-hybridized carbons (Fsp3) is 0.278. The Hall–Kier alpha value is -2.02. The van der Waals surface area contributed by atoms with Crippen molar-refractivity contribution in [3.63, 3.8) is 0 Å². The molecule has 1 N–H and O–H groups in total. The van der Waals surface area contributed by atoms with Crippen molar-refractivity contribution in [3.8, 4) is 11.8 Å². The summed E-state index contributed by atoms with van der Waals surface area (Å²) >= 11 is 6.12. The molecule has 4 heteroatoms. The predicted octanol–water partition coefficient (Wildman–Crippen LogP) is 4.19. The second-order valence-electron chi connectivity index (χ2n) is 5.53. The SMILES string of the molecule is C[C@H](N[C@@]1(C#N)CCOc2ccc(Cl)cc21)c1ccccc1. The maximum absolute atomic E-state index is 9.86. The van der Waals surface area contributed by atoms with E-state index >= 15 is 0 Å². The Bertz CT molecular complexity index is 711. The Morgan fingerprint density at radius 3 is 2.77 bits per heavy atom. The van der Waals surface area contributed by atoms with Gasteiger partial charge in [-0.05, 0) is 30.7 Å². The van der Waals surface area contributed by atoms with E-state index in [4.69, 9.17) is 16.3 Å². The van der Waals surface area contributed by atoms with E-state index < -0.39 is 5.54 Å². The van der Waals surface area contributed by atoms with Crippen LogP contribution in [-0.2, 0) is 5.54 Å². The van der Waals surface area contributed by atoms with E-state index in [1.807, 2.05) is 30.3 Å². The van der Waals surface area contributed by atoms with Crippen molar-refractivity contribution in [2.24, 2.45) is 0 Å². The minimum Gasteiger partial charge on any atom is -0.493 e. The number of fused-ring (bicyclic) bond motifs is 1. The van der Waals surface area contributed by atoms with E-state index in [9.17, 15) is 5.26 Å². The molecule has 1 aliphatic heterocycles. The Morgan fingerprint density at radius 2 is 2.05 bits per heavy atom. The zero-order valence-corrected chi connectivity index (χ0v) is 13.1. The van der Waals surface area contributed by atoms with Gasteiger partial charge in [0.05, 0.1) is 12.7 Å². The number of nitrogens with zero attached hydrogens (tertiary/aromatic N) is 1. The topological polar surface area (TPSA) is 45.0 Å². The van der Waals surface area contributed by atoms with Gasteiger partial charge in [-0.2, -0.15) is 5.26 Å². The van der Waals surface area contributed by atoms with Crippen LogP contribution in [0.15, 0.2) is 48.5 Å². The summed E-state index contributed by atoms with van der Waals surface area (Å²) < 4.78 is 5.67. The number of nitrogens with one attached hydrogen (secondary N) is 1. The molecule has 0 spiro atoms. The maximum atomic E-state index is 9.86. The van der Waals surface area contributed by atoms with Gasteiger partial charge in [-0.1, -0.05) is 41.9 Å². The summed E-state index contributed by atoms with van der Waals surface area (Å²) in [7, 11) is 0. The molecule has 0 radical (unpaired) electrons. The monoisotopic (exact) mass is 312 g/mol. The number of rotatable bonds is 3. The van der Waals surface area contributed by atoms with Gasteiger partial charge in [-0.25, -0.2) is 0 Å². The van der Waals surface area contributed by atoms with Crippen LogP contribution in [0.4, 0.5) is 0 Å². The molecule has 3 rings (SSSR count). The molecule has 1 heterocycles. The van der Waals surface area contributed by atoms with E-state index in [0.29, 0.717) is 18.1 Å². The van der Waals surface area contributed by atoms with Crippen LogP contribution in [0.5, 0.6) is 5.75 Å². The Balaban J connectivity index is 1.98. The zero-order chi connectivity index (χ0) is 15.6. The Labute approximate surface area is 135 Å². The van der Waals surface area contributed by atoms with Crippen LogP contribution < -0.4 is 10.1 Å². The molecule has 0 saturated heterocycles. The van der Waals surface area contributed by atoms with Gasteiger partial charge in [0, 0.05) is 23.0 Å². The number of halogens is 1. The third kappa shape index (κ3) is 2.68. The molecule has 2 aromatic carbocycles. The average molecular weight is 313 g/mol. The van der Waals surface area contributed by atoms with Gasteiger partial charge >= 0.3 is 0 Å². The van der Waals surface area contributed by atoms with Gasteiger partial charge < -0.3 is 4.74 Å². The van der Waals surface area contributed by atoms with Crippen LogP contribution in [-0.4, -0.2) is 6.61 Å². The summed E-state index contributed by atoms with van der Waals surface area (Å²) in [5, 5.41) is 14.0. The first-order chi connectivity index (χ1) is 10.6. The molecular weight excluding hydrogens is 296 g/mol. The Kier molecular flexibility index (Phi) is 4.06. The summed E-state index contributed by atoms with van der Waals surface area (Å²) in [6.07, 6.45) is 0.591. The molecule has 1 aliphatic rings.